The lowest BCUT2D eigenvalue weighted by Gasteiger charge is -2.13. The monoisotopic (exact) mass is 348 g/mol. The summed E-state index contributed by atoms with van der Waals surface area (Å²) in [4.78, 5) is 0. The van der Waals surface area contributed by atoms with Crippen LogP contribution in [0, 0.1) is 6.92 Å². The Hall–Kier alpha value is -1.48. The second kappa shape index (κ2) is 7.51. The van der Waals surface area contributed by atoms with Crippen LogP contribution < -0.4 is 9.47 Å². The van der Waals surface area contributed by atoms with Crippen LogP contribution in [-0.4, -0.2) is 13.2 Å². The van der Waals surface area contributed by atoms with Crippen molar-refractivity contribution in [1.82, 2.24) is 0 Å². The third-order valence-electron chi connectivity index (χ3n) is 3.28. The summed E-state index contributed by atoms with van der Waals surface area (Å²) in [6, 6.07) is 14.2. The zero-order valence-corrected chi connectivity index (χ0v) is 14.3. The van der Waals surface area contributed by atoms with Crippen LogP contribution in [0.2, 0.25) is 0 Å². The highest BCUT2D eigenvalue weighted by molar-refractivity contribution is 9.10. The molecule has 0 atom stereocenters. The summed E-state index contributed by atoms with van der Waals surface area (Å²) in [7, 11) is 0. The Morgan fingerprint density at radius 3 is 2.48 bits per heavy atom. The molecule has 0 aromatic heterocycles. The van der Waals surface area contributed by atoms with Gasteiger partial charge in [-0.05, 0) is 48.2 Å². The van der Waals surface area contributed by atoms with Crippen LogP contribution in [0.25, 0.3) is 0 Å². The first-order valence-electron chi connectivity index (χ1n) is 7.18. The zero-order valence-electron chi connectivity index (χ0n) is 12.7. The predicted molar refractivity (Wildman–Crippen MR) is 90.4 cm³/mol. The maximum atomic E-state index is 5.84. The number of ether oxygens (including phenoxy) is 2. The molecule has 2 aromatic carbocycles. The van der Waals surface area contributed by atoms with Gasteiger partial charge in [0.1, 0.15) is 24.7 Å². The predicted octanol–water partition coefficient (Wildman–Crippen LogP) is 5.34. The van der Waals surface area contributed by atoms with Gasteiger partial charge in [-0.1, -0.05) is 48.0 Å². The van der Waals surface area contributed by atoms with Crippen molar-refractivity contribution in [3.63, 3.8) is 0 Å². The van der Waals surface area contributed by atoms with Gasteiger partial charge in [-0.25, -0.2) is 0 Å². The minimum absolute atomic E-state index is 0.505. The van der Waals surface area contributed by atoms with E-state index in [0.717, 1.165) is 21.5 Å². The third kappa shape index (κ3) is 4.78. The number of hydrogen-bond donors (Lipinski definition) is 0. The molecule has 3 heteroatoms. The van der Waals surface area contributed by atoms with Crippen LogP contribution in [-0.2, 0) is 0 Å². The topological polar surface area (TPSA) is 18.5 Å². The van der Waals surface area contributed by atoms with Crippen molar-refractivity contribution in [1.29, 1.82) is 0 Å². The molecule has 0 unspecified atom stereocenters. The van der Waals surface area contributed by atoms with Gasteiger partial charge in [-0.15, -0.1) is 0 Å². The molecule has 0 aliphatic carbocycles. The minimum atomic E-state index is 0.505. The van der Waals surface area contributed by atoms with Crippen molar-refractivity contribution in [3.8, 4) is 11.5 Å². The Bertz CT molecular complexity index is 594. The first-order valence-corrected chi connectivity index (χ1v) is 7.97. The molecular formula is C18H21BrO2. The first kappa shape index (κ1) is 15.9. The Balaban J connectivity index is 1.87. The average molecular weight is 349 g/mol. The molecule has 0 spiro atoms. The molecule has 0 bridgehead atoms. The van der Waals surface area contributed by atoms with Crippen molar-refractivity contribution in [2.24, 2.45) is 0 Å². The molecule has 21 heavy (non-hydrogen) atoms. The van der Waals surface area contributed by atoms with Crippen LogP contribution >= 0.6 is 15.9 Å². The number of rotatable bonds is 6. The van der Waals surface area contributed by atoms with E-state index in [9.17, 15) is 0 Å². The number of hydrogen-bond acceptors (Lipinski definition) is 2. The maximum absolute atomic E-state index is 5.84. The molecular weight excluding hydrogens is 328 g/mol. The van der Waals surface area contributed by atoms with Crippen LogP contribution in [0.1, 0.15) is 30.9 Å². The molecule has 0 radical (unpaired) electrons. The zero-order chi connectivity index (χ0) is 15.2. The summed E-state index contributed by atoms with van der Waals surface area (Å²) in [5.41, 5.74) is 2.45. The van der Waals surface area contributed by atoms with Crippen LogP contribution in [0.4, 0.5) is 0 Å². The molecule has 112 valence electrons. The van der Waals surface area contributed by atoms with Gasteiger partial charge in [0.05, 0.1) is 0 Å². The fraction of sp³-hybridized carbons (Fsp3) is 0.333. The van der Waals surface area contributed by atoms with E-state index in [0.29, 0.717) is 19.1 Å². The number of aryl methyl sites for hydroxylation is 1. The maximum Gasteiger partial charge on any atom is 0.122 e. The van der Waals surface area contributed by atoms with Gasteiger partial charge in [0.25, 0.3) is 0 Å². The van der Waals surface area contributed by atoms with Crippen molar-refractivity contribution in [2.75, 3.05) is 13.2 Å². The summed E-state index contributed by atoms with van der Waals surface area (Å²) in [5, 5.41) is 0. The van der Waals surface area contributed by atoms with E-state index in [1.54, 1.807) is 0 Å². The fourth-order valence-electron chi connectivity index (χ4n) is 2.00. The second-order valence-corrected chi connectivity index (χ2v) is 6.25. The largest absolute Gasteiger partial charge is 0.490 e. The lowest BCUT2D eigenvalue weighted by atomic mass is 10.0. The van der Waals surface area contributed by atoms with E-state index in [1.165, 1.54) is 5.56 Å². The van der Waals surface area contributed by atoms with Gasteiger partial charge in [-0.3, -0.25) is 0 Å². The molecule has 2 aromatic rings. The summed E-state index contributed by atoms with van der Waals surface area (Å²) < 4.78 is 12.5. The quantitative estimate of drug-likeness (QED) is 0.656. The molecule has 2 rings (SSSR count). The SMILES string of the molecule is Cc1ccc(C(C)C)cc1OCCOc1cccc(Br)c1. The molecule has 0 aliphatic heterocycles. The number of halogens is 1. The Morgan fingerprint density at radius 1 is 1.00 bits per heavy atom. The van der Waals surface area contributed by atoms with Gasteiger partial charge in [0.15, 0.2) is 0 Å². The third-order valence-corrected chi connectivity index (χ3v) is 3.78. The van der Waals surface area contributed by atoms with E-state index in [1.807, 2.05) is 24.3 Å². The van der Waals surface area contributed by atoms with Crippen molar-refractivity contribution < 1.29 is 9.47 Å². The van der Waals surface area contributed by atoms with Crippen molar-refractivity contribution >= 4 is 15.9 Å². The lowest BCUT2D eigenvalue weighted by Crippen LogP contribution is -2.09. The van der Waals surface area contributed by atoms with Gasteiger partial charge in [0, 0.05) is 4.47 Å². The Kier molecular flexibility index (Phi) is 5.68. The van der Waals surface area contributed by atoms with Gasteiger partial charge >= 0.3 is 0 Å². The lowest BCUT2D eigenvalue weighted by molar-refractivity contribution is 0.216. The van der Waals surface area contributed by atoms with E-state index in [4.69, 9.17) is 9.47 Å². The standard InChI is InChI=1S/C18H21BrO2/c1-13(2)15-8-7-14(3)18(11-15)21-10-9-20-17-6-4-5-16(19)12-17/h4-8,11-13H,9-10H2,1-3H3. The highest BCUT2D eigenvalue weighted by atomic mass is 79.9. The molecule has 0 saturated heterocycles. The van der Waals surface area contributed by atoms with E-state index < -0.39 is 0 Å². The molecule has 2 nitrogen and oxygen atoms in total. The smallest absolute Gasteiger partial charge is 0.122 e. The van der Waals surface area contributed by atoms with Gasteiger partial charge < -0.3 is 9.47 Å². The van der Waals surface area contributed by atoms with Crippen LogP contribution in [0.15, 0.2) is 46.9 Å². The molecule has 0 heterocycles. The minimum Gasteiger partial charge on any atom is -0.490 e. The van der Waals surface area contributed by atoms with Crippen LogP contribution in [0.5, 0.6) is 11.5 Å². The summed E-state index contributed by atoms with van der Waals surface area (Å²) in [6.07, 6.45) is 0. The van der Waals surface area contributed by atoms with E-state index in [2.05, 4.69) is 54.9 Å². The van der Waals surface area contributed by atoms with Gasteiger partial charge in [-0.2, -0.15) is 0 Å². The molecule has 0 amide bonds. The van der Waals surface area contributed by atoms with Crippen molar-refractivity contribution in [2.45, 2.75) is 26.7 Å². The molecule has 0 fully saturated rings. The summed E-state index contributed by atoms with van der Waals surface area (Å²) in [6.45, 7) is 7.50. The second-order valence-electron chi connectivity index (χ2n) is 5.33. The Morgan fingerprint density at radius 2 is 1.76 bits per heavy atom. The molecule has 0 aliphatic rings. The van der Waals surface area contributed by atoms with Crippen LogP contribution in [0.3, 0.4) is 0 Å². The average Bonchev–Trinajstić information content (AvgIpc) is 2.45. The highest BCUT2D eigenvalue weighted by Gasteiger charge is 2.05. The van der Waals surface area contributed by atoms with Gasteiger partial charge in [0.2, 0.25) is 0 Å². The van der Waals surface area contributed by atoms with E-state index in [-0.39, 0.29) is 0 Å². The van der Waals surface area contributed by atoms with E-state index >= 15 is 0 Å². The molecule has 0 saturated carbocycles. The summed E-state index contributed by atoms with van der Waals surface area (Å²) >= 11 is 3.43. The normalized spacial score (nSPS) is 10.7. The number of benzene rings is 2. The first-order chi connectivity index (χ1) is 10.1. The summed E-state index contributed by atoms with van der Waals surface area (Å²) in [5.74, 6) is 2.30. The fourth-order valence-corrected chi connectivity index (χ4v) is 2.38. The Labute approximate surface area is 135 Å². The highest BCUT2D eigenvalue weighted by Crippen LogP contribution is 2.24. The van der Waals surface area contributed by atoms with Crippen molar-refractivity contribution in [3.05, 3.63) is 58.1 Å². The molecule has 0 N–H and O–H groups in total.